The van der Waals surface area contributed by atoms with Crippen LogP contribution in [-0.4, -0.2) is 54.3 Å². The summed E-state index contributed by atoms with van der Waals surface area (Å²) in [5, 5.41) is 3.35. The molecule has 0 aromatic heterocycles. The van der Waals surface area contributed by atoms with Gasteiger partial charge in [0.1, 0.15) is 0 Å². The van der Waals surface area contributed by atoms with Crippen LogP contribution in [0.1, 0.15) is 29.6 Å². The van der Waals surface area contributed by atoms with Crippen molar-refractivity contribution < 1.29 is 9.59 Å². The first-order valence-corrected chi connectivity index (χ1v) is 8.98. The predicted molar refractivity (Wildman–Crippen MR) is 91.4 cm³/mol. The topological polar surface area (TPSA) is 49.4 Å². The number of hydrogen-bond donors (Lipinski definition) is 1. The third-order valence-corrected chi connectivity index (χ3v) is 5.38. The highest BCUT2D eigenvalue weighted by Gasteiger charge is 2.30. The summed E-state index contributed by atoms with van der Waals surface area (Å²) in [7, 11) is 2.00. The smallest absolute Gasteiger partial charge is 0.234 e. The van der Waals surface area contributed by atoms with Gasteiger partial charge in [0.2, 0.25) is 5.91 Å². The van der Waals surface area contributed by atoms with Crippen molar-refractivity contribution in [2.24, 2.45) is 0 Å². The van der Waals surface area contributed by atoms with E-state index in [2.05, 4.69) is 16.5 Å². The number of ketones is 1. The maximum absolute atomic E-state index is 12.0. The third-order valence-electron chi connectivity index (χ3n) is 4.22. The van der Waals surface area contributed by atoms with Crippen molar-refractivity contribution in [3.8, 4) is 0 Å². The molecule has 0 saturated heterocycles. The summed E-state index contributed by atoms with van der Waals surface area (Å²) in [5.41, 5.74) is 0.634. The molecule has 0 spiro atoms. The molecule has 1 fully saturated rings. The Hall–Kier alpha value is -1.33. The van der Waals surface area contributed by atoms with Crippen LogP contribution in [-0.2, 0) is 4.79 Å². The molecule has 1 N–H and O–H groups in total. The monoisotopic (exact) mass is 320 g/mol. The van der Waals surface area contributed by atoms with E-state index in [0.717, 1.165) is 6.42 Å². The number of Topliss-reactive ketones (excluding diaryl/α,β-unsaturated/α-hetero) is 1. The molecular weight excluding hydrogens is 296 g/mol. The Balaban J connectivity index is 1.77. The van der Waals surface area contributed by atoms with Gasteiger partial charge in [-0.15, -0.1) is 0 Å². The average Bonchev–Trinajstić information content (AvgIpc) is 3.02. The predicted octanol–water partition coefficient (Wildman–Crippen LogP) is 2.20. The number of nitrogens with zero attached hydrogens (tertiary/aromatic N) is 1. The van der Waals surface area contributed by atoms with Gasteiger partial charge in [0.15, 0.2) is 5.78 Å². The second-order valence-corrected chi connectivity index (χ2v) is 6.83. The lowest BCUT2D eigenvalue weighted by Gasteiger charge is -2.28. The maximum Gasteiger partial charge on any atom is 0.234 e. The zero-order chi connectivity index (χ0) is 15.9. The molecule has 1 saturated carbocycles. The van der Waals surface area contributed by atoms with Gasteiger partial charge >= 0.3 is 0 Å². The van der Waals surface area contributed by atoms with Crippen LogP contribution in [0.2, 0.25) is 0 Å². The van der Waals surface area contributed by atoms with Crippen LogP contribution >= 0.6 is 11.8 Å². The van der Waals surface area contributed by atoms with Crippen LogP contribution in [0.15, 0.2) is 30.3 Å². The molecule has 0 heterocycles. The van der Waals surface area contributed by atoms with E-state index in [1.165, 1.54) is 12.8 Å². The number of nitrogens with one attached hydrogen (secondary N) is 1. The van der Waals surface area contributed by atoms with E-state index in [1.54, 1.807) is 12.1 Å². The summed E-state index contributed by atoms with van der Waals surface area (Å²) < 4.78 is 0. The van der Waals surface area contributed by atoms with Crippen LogP contribution in [0.3, 0.4) is 0 Å². The Bertz CT molecular complexity index is 507. The summed E-state index contributed by atoms with van der Waals surface area (Å²) in [6.07, 6.45) is 5.74. The highest BCUT2D eigenvalue weighted by molar-refractivity contribution is 7.99. The van der Waals surface area contributed by atoms with Gasteiger partial charge in [-0.05, 0) is 26.1 Å². The molecule has 2 rings (SSSR count). The number of rotatable bonds is 7. The number of carbonyl (C=O) groups is 2. The fourth-order valence-electron chi connectivity index (χ4n) is 2.99. The van der Waals surface area contributed by atoms with E-state index in [9.17, 15) is 9.59 Å². The number of hydrogen-bond acceptors (Lipinski definition) is 4. The zero-order valence-corrected chi connectivity index (χ0v) is 14.1. The van der Waals surface area contributed by atoms with Crippen LogP contribution in [0, 0.1) is 0 Å². The van der Waals surface area contributed by atoms with Crippen molar-refractivity contribution in [3.05, 3.63) is 35.9 Å². The second kappa shape index (κ2) is 8.34. The summed E-state index contributed by atoms with van der Waals surface area (Å²) in [6, 6.07) is 9.51. The number of thioether (sulfide) groups is 1. The van der Waals surface area contributed by atoms with E-state index in [4.69, 9.17) is 0 Å². The van der Waals surface area contributed by atoms with Crippen molar-refractivity contribution in [3.63, 3.8) is 0 Å². The van der Waals surface area contributed by atoms with Crippen LogP contribution in [0.4, 0.5) is 0 Å². The normalized spacial score (nSPS) is 21.0. The summed E-state index contributed by atoms with van der Waals surface area (Å²) >= 11 is 1.88. The molecule has 0 unspecified atom stereocenters. The Morgan fingerprint density at radius 3 is 2.68 bits per heavy atom. The number of amides is 1. The number of carbonyl (C=O) groups excluding carboxylic acids is 2. The molecule has 2 atom stereocenters. The molecule has 1 amide bonds. The fraction of sp³-hybridized carbons (Fsp3) is 0.529. The highest BCUT2D eigenvalue weighted by atomic mass is 32.2. The van der Waals surface area contributed by atoms with E-state index in [0.29, 0.717) is 23.4 Å². The van der Waals surface area contributed by atoms with Gasteiger partial charge in [-0.1, -0.05) is 36.8 Å². The maximum atomic E-state index is 12.0. The van der Waals surface area contributed by atoms with Crippen LogP contribution in [0.25, 0.3) is 0 Å². The SMILES string of the molecule is CS[C@H]1CCC[C@@H]1N(C)CC(=O)NCC(=O)c1ccccc1. The molecule has 22 heavy (non-hydrogen) atoms. The minimum absolute atomic E-state index is 0.0561. The van der Waals surface area contributed by atoms with Gasteiger partial charge in [0, 0.05) is 16.9 Å². The van der Waals surface area contributed by atoms with Gasteiger partial charge in [0.25, 0.3) is 0 Å². The highest BCUT2D eigenvalue weighted by Crippen LogP contribution is 2.31. The number of likely N-dealkylation sites (N-methyl/N-ethyl adjacent to an activating group) is 1. The zero-order valence-electron chi connectivity index (χ0n) is 13.2. The molecule has 1 aliphatic carbocycles. The fourth-order valence-corrected chi connectivity index (χ4v) is 4.05. The Labute approximate surface area is 136 Å². The van der Waals surface area contributed by atoms with E-state index in [-0.39, 0.29) is 18.2 Å². The lowest BCUT2D eigenvalue weighted by molar-refractivity contribution is -0.122. The molecule has 120 valence electrons. The van der Waals surface area contributed by atoms with Gasteiger partial charge in [-0.25, -0.2) is 0 Å². The van der Waals surface area contributed by atoms with Crippen molar-refractivity contribution in [2.45, 2.75) is 30.6 Å². The molecule has 0 bridgehead atoms. The van der Waals surface area contributed by atoms with Gasteiger partial charge in [-0.3, -0.25) is 14.5 Å². The minimum Gasteiger partial charge on any atom is -0.348 e. The second-order valence-electron chi connectivity index (χ2n) is 5.75. The largest absolute Gasteiger partial charge is 0.348 e. The molecule has 1 aromatic carbocycles. The van der Waals surface area contributed by atoms with Gasteiger partial charge in [-0.2, -0.15) is 11.8 Å². The third kappa shape index (κ3) is 4.58. The van der Waals surface area contributed by atoms with Crippen LogP contribution < -0.4 is 5.32 Å². The molecule has 1 aromatic rings. The molecule has 1 aliphatic rings. The molecule has 0 aliphatic heterocycles. The molecule has 4 nitrogen and oxygen atoms in total. The van der Waals surface area contributed by atoms with Crippen molar-refractivity contribution >= 4 is 23.5 Å². The first-order valence-electron chi connectivity index (χ1n) is 7.70. The van der Waals surface area contributed by atoms with Crippen molar-refractivity contribution in [1.82, 2.24) is 10.2 Å². The van der Waals surface area contributed by atoms with Crippen LogP contribution in [0.5, 0.6) is 0 Å². The summed E-state index contributed by atoms with van der Waals surface area (Å²) in [5.74, 6) is -0.141. The quantitative estimate of drug-likeness (QED) is 0.783. The lowest BCUT2D eigenvalue weighted by atomic mass is 10.1. The Morgan fingerprint density at radius 2 is 2.00 bits per heavy atom. The average molecular weight is 320 g/mol. The molecule has 5 heteroatoms. The van der Waals surface area contributed by atoms with E-state index >= 15 is 0 Å². The Kier molecular flexibility index (Phi) is 6.46. The first-order chi connectivity index (χ1) is 10.6. The lowest BCUT2D eigenvalue weighted by Crippen LogP contribution is -2.44. The summed E-state index contributed by atoms with van der Waals surface area (Å²) in [6.45, 7) is 0.414. The van der Waals surface area contributed by atoms with Crippen molar-refractivity contribution in [2.75, 3.05) is 26.4 Å². The first kappa shape index (κ1) is 17.0. The summed E-state index contributed by atoms with van der Waals surface area (Å²) in [4.78, 5) is 26.1. The van der Waals surface area contributed by atoms with Crippen molar-refractivity contribution in [1.29, 1.82) is 0 Å². The van der Waals surface area contributed by atoms with Gasteiger partial charge < -0.3 is 5.32 Å². The standard InChI is InChI=1S/C17H24N2O2S/c1-19(14-9-6-10-16(14)22-2)12-17(21)18-11-15(20)13-7-4-3-5-8-13/h3-5,7-8,14,16H,6,9-12H2,1-2H3,(H,18,21)/t14-,16-/m0/s1. The van der Waals surface area contributed by atoms with E-state index < -0.39 is 0 Å². The molecule has 0 radical (unpaired) electrons. The van der Waals surface area contributed by atoms with E-state index in [1.807, 2.05) is 37.0 Å². The molecular formula is C17H24N2O2S. The number of benzene rings is 1. The Morgan fingerprint density at radius 1 is 1.27 bits per heavy atom. The van der Waals surface area contributed by atoms with Gasteiger partial charge in [0.05, 0.1) is 13.1 Å². The minimum atomic E-state index is -0.0847.